The highest BCUT2D eigenvalue weighted by molar-refractivity contribution is 7.89. The minimum atomic E-state index is -3.63. The fourth-order valence-electron chi connectivity index (χ4n) is 2.25. The van der Waals surface area contributed by atoms with Crippen molar-refractivity contribution in [3.63, 3.8) is 0 Å². The van der Waals surface area contributed by atoms with Crippen LogP contribution in [0.5, 0.6) is 5.75 Å². The third kappa shape index (κ3) is 2.63. The van der Waals surface area contributed by atoms with Gasteiger partial charge in [-0.25, -0.2) is 8.42 Å². The molecule has 7 heteroatoms. The lowest BCUT2D eigenvalue weighted by molar-refractivity contribution is 0.376. The summed E-state index contributed by atoms with van der Waals surface area (Å²) >= 11 is 0. The van der Waals surface area contributed by atoms with E-state index in [1.165, 1.54) is 29.6 Å². The molecule has 1 aromatic rings. The van der Waals surface area contributed by atoms with Crippen molar-refractivity contribution in [3.05, 3.63) is 23.8 Å². The van der Waals surface area contributed by atoms with Crippen molar-refractivity contribution in [3.8, 4) is 11.8 Å². The van der Waals surface area contributed by atoms with Crippen LogP contribution in [-0.4, -0.2) is 46.0 Å². The number of methoxy groups -OCH3 is 1. The second-order valence-electron chi connectivity index (χ2n) is 4.65. The fourth-order valence-corrected chi connectivity index (χ4v) is 3.77. The lowest BCUT2D eigenvalue weighted by Crippen LogP contribution is -2.38. The highest BCUT2D eigenvalue weighted by Gasteiger charge is 2.32. The highest BCUT2D eigenvalue weighted by atomic mass is 32.2. The maximum atomic E-state index is 12.6. The van der Waals surface area contributed by atoms with Gasteiger partial charge in [0.1, 0.15) is 10.6 Å². The van der Waals surface area contributed by atoms with Gasteiger partial charge in [0.05, 0.1) is 18.7 Å². The molecule has 20 heavy (non-hydrogen) atoms. The van der Waals surface area contributed by atoms with Crippen molar-refractivity contribution >= 4 is 10.0 Å². The number of nitriles is 1. The fraction of sp³-hybridized carbons (Fsp3) is 0.462. The molecule has 1 heterocycles. The predicted octanol–water partition coefficient (Wildman–Crippen LogP) is 0.549. The zero-order chi connectivity index (χ0) is 14.8. The first-order chi connectivity index (χ1) is 9.50. The van der Waals surface area contributed by atoms with Crippen molar-refractivity contribution in [1.29, 1.82) is 5.26 Å². The summed E-state index contributed by atoms with van der Waals surface area (Å²) in [6, 6.07) is 6.25. The van der Waals surface area contributed by atoms with Gasteiger partial charge in [-0.3, -0.25) is 0 Å². The normalized spacial score (nSPS) is 19.0. The molecule has 2 rings (SSSR count). The molecular weight excluding hydrogens is 278 g/mol. The zero-order valence-electron chi connectivity index (χ0n) is 11.5. The zero-order valence-corrected chi connectivity index (χ0v) is 12.3. The number of hydrogen-bond acceptors (Lipinski definition) is 5. The van der Waals surface area contributed by atoms with E-state index in [-0.39, 0.29) is 16.7 Å². The van der Waals surface area contributed by atoms with E-state index < -0.39 is 10.0 Å². The van der Waals surface area contributed by atoms with Crippen molar-refractivity contribution in [2.75, 3.05) is 27.2 Å². The van der Waals surface area contributed by atoms with E-state index in [0.29, 0.717) is 12.1 Å². The Hall–Kier alpha value is -1.62. The summed E-state index contributed by atoms with van der Waals surface area (Å²) in [5, 5.41) is 12.0. The van der Waals surface area contributed by atoms with E-state index in [1.807, 2.05) is 6.07 Å². The lowest BCUT2D eigenvalue weighted by Gasteiger charge is -2.24. The Labute approximate surface area is 119 Å². The van der Waals surface area contributed by atoms with Gasteiger partial charge < -0.3 is 10.1 Å². The van der Waals surface area contributed by atoms with Crippen molar-refractivity contribution in [1.82, 2.24) is 9.62 Å². The number of nitrogens with one attached hydrogen (secondary N) is 1. The average molecular weight is 295 g/mol. The van der Waals surface area contributed by atoms with Crippen LogP contribution in [0, 0.1) is 11.3 Å². The van der Waals surface area contributed by atoms with Crippen molar-refractivity contribution in [2.45, 2.75) is 17.4 Å². The topological polar surface area (TPSA) is 82.4 Å². The molecule has 0 aliphatic carbocycles. The SMILES string of the molecule is COc1cc(C#N)ccc1S(=O)(=O)N(C)C1CCNC1. The summed E-state index contributed by atoms with van der Waals surface area (Å²) in [4.78, 5) is 0.0911. The second kappa shape index (κ2) is 5.79. The number of likely N-dealkylation sites (N-methyl/N-ethyl adjacent to an activating group) is 1. The van der Waals surface area contributed by atoms with Crippen LogP contribution in [0.15, 0.2) is 23.1 Å². The maximum Gasteiger partial charge on any atom is 0.246 e. The molecule has 1 saturated heterocycles. The van der Waals surface area contributed by atoms with Crippen LogP contribution in [0.3, 0.4) is 0 Å². The molecule has 0 bridgehead atoms. The van der Waals surface area contributed by atoms with Crippen LogP contribution < -0.4 is 10.1 Å². The van der Waals surface area contributed by atoms with Gasteiger partial charge in [-0.2, -0.15) is 9.57 Å². The minimum absolute atomic E-state index is 0.0552. The molecular formula is C13H17N3O3S. The monoisotopic (exact) mass is 295 g/mol. The molecule has 1 aliphatic rings. The Morgan fingerprint density at radius 1 is 1.50 bits per heavy atom. The van der Waals surface area contributed by atoms with E-state index in [0.717, 1.165) is 13.0 Å². The molecule has 0 amide bonds. The van der Waals surface area contributed by atoms with Gasteiger partial charge in [0.15, 0.2) is 0 Å². The first-order valence-electron chi connectivity index (χ1n) is 6.27. The minimum Gasteiger partial charge on any atom is -0.495 e. The van der Waals surface area contributed by atoms with E-state index in [9.17, 15) is 8.42 Å². The molecule has 1 fully saturated rings. The smallest absolute Gasteiger partial charge is 0.246 e. The Balaban J connectivity index is 2.41. The third-order valence-electron chi connectivity index (χ3n) is 3.50. The van der Waals surface area contributed by atoms with Crippen LogP contribution >= 0.6 is 0 Å². The average Bonchev–Trinajstić information content (AvgIpc) is 2.99. The van der Waals surface area contributed by atoms with Crippen molar-refractivity contribution in [2.24, 2.45) is 0 Å². The van der Waals surface area contributed by atoms with Gasteiger partial charge >= 0.3 is 0 Å². The Bertz CT molecular complexity index is 631. The molecule has 6 nitrogen and oxygen atoms in total. The molecule has 1 N–H and O–H groups in total. The van der Waals surface area contributed by atoms with Gasteiger partial charge in [0, 0.05) is 19.6 Å². The summed E-state index contributed by atoms with van der Waals surface area (Å²) in [6.45, 7) is 1.46. The number of nitrogens with zero attached hydrogens (tertiary/aromatic N) is 2. The lowest BCUT2D eigenvalue weighted by atomic mass is 10.2. The molecule has 0 spiro atoms. The summed E-state index contributed by atoms with van der Waals surface area (Å²) in [7, 11) is -0.662. The van der Waals surface area contributed by atoms with Gasteiger partial charge in [0.25, 0.3) is 0 Å². The predicted molar refractivity (Wildman–Crippen MR) is 73.9 cm³/mol. The Kier molecular flexibility index (Phi) is 4.28. The summed E-state index contributed by atoms with van der Waals surface area (Å²) in [5.41, 5.74) is 0.367. The van der Waals surface area contributed by atoms with E-state index in [1.54, 1.807) is 7.05 Å². The molecule has 0 saturated carbocycles. The molecule has 108 valence electrons. The number of benzene rings is 1. The largest absolute Gasteiger partial charge is 0.495 e. The molecule has 1 unspecified atom stereocenters. The first kappa shape index (κ1) is 14.8. The second-order valence-corrected chi connectivity index (χ2v) is 6.61. The molecule has 1 aromatic carbocycles. The summed E-state index contributed by atoms with van der Waals surface area (Å²) in [6.07, 6.45) is 0.786. The van der Waals surface area contributed by atoms with Crippen LogP contribution in [0.2, 0.25) is 0 Å². The molecule has 1 atom stereocenters. The van der Waals surface area contributed by atoms with Crippen LogP contribution in [-0.2, 0) is 10.0 Å². The maximum absolute atomic E-state index is 12.6. The number of rotatable bonds is 4. The van der Waals surface area contributed by atoms with E-state index in [2.05, 4.69) is 5.32 Å². The Morgan fingerprint density at radius 3 is 2.80 bits per heavy atom. The van der Waals surface area contributed by atoms with Crippen molar-refractivity contribution < 1.29 is 13.2 Å². The molecule has 0 aromatic heterocycles. The van der Waals surface area contributed by atoms with Gasteiger partial charge in [-0.1, -0.05) is 0 Å². The van der Waals surface area contributed by atoms with Gasteiger partial charge in [0.2, 0.25) is 10.0 Å². The van der Waals surface area contributed by atoms with Crippen LogP contribution in [0.1, 0.15) is 12.0 Å². The molecule has 1 aliphatic heterocycles. The Morgan fingerprint density at radius 2 is 2.25 bits per heavy atom. The number of hydrogen-bond donors (Lipinski definition) is 1. The van der Waals surface area contributed by atoms with Gasteiger partial charge in [-0.05, 0) is 31.2 Å². The first-order valence-corrected chi connectivity index (χ1v) is 7.71. The summed E-state index contributed by atoms with van der Waals surface area (Å²) in [5.74, 6) is 0.196. The van der Waals surface area contributed by atoms with Gasteiger partial charge in [-0.15, -0.1) is 0 Å². The van der Waals surface area contributed by atoms with Crippen LogP contribution in [0.25, 0.3) is 0 Å². The summed E-state index contributed by atoms with van der Waals surface area (Å²) < 4.78 is 31.8. The quantitative estimate of drug-likeness (QED) is 0.877. The molecule has 0 radical (unpaired) electrons. The third-order valence-corrected chi connectivity index (χ3v) is 5.45. The highest BCUT2D eigenvalue weighted by Crippen LogP contribution is 2.28. The number of ether oxygens (including phenoxy) is 1. The van der Waals surface area contributed by atoms with E-state index >= 15 is 0 Å². The van der Waals surface area contributed by atoms with E-state index in [4.69, 9.17) is 10.00 Å². The standard InChI is InChI=1S/C13H17N3O3S/c1-16(11-5-6-15-9-11)20(17,18)13-4-3-10(8-14)7-12(13)19-2/h3-4,7,11,15H,5-6,9H2,1-2H3. The van der Waals surface area contributed by atoms with Crippen LogP contribution in [0.4, 0.5) is 0 Å². The number of sulfonamides is 1.